The molecular weight excluding hydrogens is 432 g/mol. The smallest absolute Gasteiger partial charge is 0.255 e. The van der Waals surface area contributed by atoms with Gasteiger partial charge in [-0.15, -0.1) is 0 Å². The number of aromatic nitrogens is 2. The molecule has 1 fully saturated rings. The van der Waals surface area contributed by atoms with Crippen molar-refractivity contribution in [2.24, 2.45) is 0 Å². The number of anilines is 1. The van der Waals surface area contributed by atoms with E-state index in [1.54, 1.807) is 6.07 Å². The zero-order chi connectivity index (χ0) is 20.2. The summed E-state index contributed by atoms with van der Waals surface area (Å²) in [7, 11) is 0. The summed E-state index contributed by atoms with van der Waals surface area (Å²) in [6, 6.07) is 13.3. The van der Waals surface area contributed by atoms with Crippen molar-refractivity contribution in [3.63, 3.8) is 0 Å². The number of halogens is 1. The van der Waals surface area contributed by atoms with Crippen LogP contribution < -0.4 is 5.32 Å². The number of amides is 1. The molecule has 0 radical (unpaired) electrons. The van der Waals surface area contributed by atoms with Gasteiger partial charge in [0.05, 0.1) is 30.8 Å². The van der Waals surface area contributed by atoms with Gasteiger partial charge in [-0.05, 0) is 42.8 Å². The first kappa shape index (κ1) is 20.1. The Morgan fingerprint density at radius 3 is 2.79 bits per heavy atom. The lowest BCUT2D eigenvalue weighted by atomic mass is 10.2. The van der Waals surface area contributed by atoms with Crippen molar-refractivity contribution in [2.45, 2.75) is 26.4 Å². The summed E-state index contributed by atoms with van der Waals surface area (Å²) in [4.78, 5) is 19.8. The van der Waals surface area contributed by atoms with Gasteiger partial charge < -0.3 is 14.6 Å². The molecule has 1 N–H and O–H groups in total. The van der Waals surface area contributed by atoms with E-state index in [0.717, 1.165) is 72.8 Å². The van der Waals surface area contributed by atoms with E-state index in [1.807, 2.05) is 30.3 Å². The number of nitrogens with one attached hydrogen (secondary N) is 1. The van der Waals surface area contributed by atoms with Crippen LogP contribution in [0.2, 0.25) is 0 Å². The number of nitrogens with zero attached hydrogens (tertiary/aromatic N) is 3. The second-order valence-electron chi connectivity index (χ2n) is 7.24. The van der Waals surface area contributed by atoms with Crippen LogP contribution in [0.5, 0.6) is 0 Å². The third-order valence-electron chi connectivity index (χ3n) is 5.09. The minimum Gasteiger partial charge on any atom is -0.379 e. The molecule has 1 saturated heterocycles. The largest absolute Gasteiger partial charge is 0.379 e. The number of benzene rings is 2. The molecule has 29 heavy (non-hydrogen) atoms. The highest BCUT2D eigenvalue weighted by Gasteiger charge is 2.17. The monoisotopic (exact) mass is 456 g/mol. The summed E-state index contributed by atoms with van der Waals surface area (Å²) < 4.78 is 8.64. The highest BCUT2D eigenvalue weighted by molar-refractivity contribution is 9.10. The first-order chi connectivity index (χ1) is 14.1. The zero-order valence-corrected chi connectivity index (χ0v) is 18.1. The average Bonchev–Trinajstić information content (AvgIpc) is 3.05. The number of rotatable bonds is 6. The predicted molar refractivity (Wildman–Crippen MR) is 118 cm³/mol. The highest BCUT2D eigenvalue weighted by Crippen LogP contribution is 2.23. The molecule has 2 aromatic carbocycles. The fourth-order valence-corrected chi connectivity index (χ4v) is 4.04. The molecule has 0 saturated carbocycles. The molecule has 0 unspecified atom stereocenters. The molecule has 1 aromatic heterocycles. The maximum atomic E-state index is 12.6. The maximum Gasteiger partial charge on any atom is 0.255 e. The van der Waals surface area contributed by atoms with Crippen molar-refractivity contribution in [1.29, 1.82) is 0 Å². The van der Waals surface area contributed by atoms with Crippen LogP contribution in [-0.2, 0) is 17.8 Å². The topological polar surface area (TPSA) is 59.4 Å². The second kappa shape index (κ2) is 9.07. The summed E-state index contributed by atoms with van der Waals surface area (Å²) >= 11 is 3.41. The van der Waals surface area contributed by atoms with Crippen molar-refractivity contribution in [3.8, 4) is 0 Å². The number of carbonyl (C=O) groups is 1. The minimum atomic E-state index is -0.132. The van der Waals surface area contributed by atoms with Gasteiger partial charge in [-0.1, -0.05) is 28.9 Å². The standard InChI is InChI=1S/C22H25BrN4O2/c1-2-8-27-20-7-6-18(24-22(28)16-4-3-5-17(23)13-16)14-19(20)25-21(27)15-26-9-11-29-12-10-26/h3-7,13-14H,2,8-12,15H2,1H3,(H,24,28). The fraction of sp³-hybridized carbons (Fsp3) is 0.364. The van der Waals surface area contributed by atoms with Gasteiger partial charge in [-0.2, -0.15) is 0 Å². The number of hydrogen-bond acceptors (Lipinski definition) is 4. The maximum absolute atomic E-state index is 12.6. The SMILES string of the molecule is CCCn1c(CN2CCOCC2)nc2cc(NC(=O)c3cccc(Br)c3)ccc21. The second-order valence-corrected chi connectivity index (χ2v) is 8.15. The summed E-state index contributed by atoms with van der Waals surface area (Å²) in [5.74, 6) is 0.936. The number of imidazole rings is 1. The fourth-order valence-electron chi connectivity index (χ4n) is 3.64. The summed E-state index contributed by atoms with van der Waals surface area (Å²) in [6.45, 7) is 7.35. The zero-order valence-electron chi connectivity index (χ0n) is 16.5. The third-order valence-corrected chi connectivity index (χ3v) is 5.58. The van der Waals surface area contributed by atoms with Gasteiger partial charge in [0, 0.05) is 35.4 Å². The molecule has 0 atom stereocenters. The van der Waals surface area contributed by atoms with Crippen LogP contribution in [0.1, 0.15) is 29.5 Å². The molecule has 0 bridgehead atoms. The van der Waals surface area contributed by atoms with E-state index in [2.05, 4.69) is 43.7 Å². The van der Waals surface area contributed by atoms with Gasteiger partial charge in [-0.25, -0.2) is 4.98 Å². The molecule has 0 aliphatic carbocycles. The van der Waals surface area contributed by atoms with Crippen LogP contribution in [0.3, 0.4) is 0 Å². The summed E-state index contributed by atoms with van der Waals surface area (Å²) in [5, 5.41) is 2.98. The van der Waals surface area contributed by atoms with Crippen LogP contribution in [0.25, 0.3) is 11.0 Å². The summed E-state index contributed by atoms with van der Waals surface area (Å²) in [6.07, 6.45) is 1.04. The van der Waals surface area contributed by atoms with Crippen LogP contribution in [-0.4, -0.2) is 46.7 Å². The van der Waals surface area contributed by atoms with Gasteiger partial charge in [0.1, 0.15) is 5.82 Å². The number of hydrogen-bond donors (Lipinski definition) is 1. The van der Waals surface area contributed by atoms with Crippen LogP contribution in [0.15, 0.2) is 46.9 Å². The average molecular weight is 457 g/mol. The van der Waals surface area contributed by atoms with Crippen molar-refractivity contribution in [2.75, 3.05) is 31.6 Å². The van der Waals surface area contributed by atoms with E-state index >= 15 is 0 Å². The lowest BCUT2D eigenvalue weighted by molar-refractivity contribution is 0.0326. The molecule has 2 heterocycles. The van der Waals surface area contributed by atoms with Crippen LogP contribution in [0, 0.1) is 0 Å². The van der Waals surface area contributed by atoms with E-state index < -0.39 is 0 Å². The van der Waals surface area contributed by atoms with E-state index in [1.165, 1.54) is 0 Å². The number of carbonyl (C=O) groups excluding carboxylic acids is 1. The van der Waals surface area contributed by atoms with Crippen molar-refractivity contribution >= 4 is 38.6 Å². The lowest BCUT2D eigenvalue weighted by Crippen LogP contribution is -2.36. The molecule has 152 valence electrons. The van der Waals surface area contributed by atoms with Crippen LogP contribution in [0.4, 0.5) is 5.69 Å². The van der Waals surface area contributed by atoms with Gasteiger partial charge in [-0.3, -0.25) is 9.69 Å². The van der Waals surface area contributed by atoms with Crippen molar-refractivity contribution < 1.29 is 9.53 Å². The number of ether oxygens (including phenoxy) is 1. The first-order valence-electron chi connectivity index (χ1n) is 10.00. The minimum absolute atomic E-state index is 0.132. The molecule has 6 nitrogen and oxygen atoms in total. The molecule has 1 amide bonds. The molecule has 1 aliphatic rings. The van der Waals surface area contributed by atoms with E-state index in [9.17, 15) is 4.79 Å². The number of aryl methyl sites for hydroxylation is 1. The van der Waals surface area contributed by atoms with Crippen molar-refractivity contribution in [1.82, 2.24) is 14.5 Å². The predicted octanol–water partition coefficient (Wildman–Crippen LogP) is 4.29. The third kappa shape index (κ3) is 4.69. The van der Waals surface area contributed by atoms with Crippen LogP contribution >= 0.6 is 15.9 Å². The van der Waals surface area contributed by atoms with Gasteiger partial charge in [0.15, 0.2) is 0 Å². The molecular formula is C22H25BrN4O2. The number of morpholine rings is 1. The highest BCUT2D eigenvalue weighted by atomic mass is 79.9. The Bertz CT molecular complexity index is 1010. The normalized spacial score (nSPS) is 15.0. The Balaban J connectivity index is 1.58. The Morgan fingerprint density at radius 2 is 2.03 bits per heavy atom. The molecule has 7 heteroatoms. The number of fused-ring (bicyclic) bond motifs is 1. The quantitative estimate of drug-likeness (QED) is 0.600. The molecule has 0 spiro atoms. The Labute approximate surface area is 179 Å². The molecule has 4 rings (SSSR count). The van der Waals surface area contributed by atoms with Gasteiger partial charge in [0.2, 0.25) is 0 Å². The first-order valence-corrected chi connectivity index (χ1v) is 10.8. The van der Waals surface area contributed by atoms with Crippen molar-refractivity contribution in [3.05, 3.63) is 58.3 Å². The Morgan fingerprint density at radius 1 is 1.21 bits per heavy atom. The lowest BCUT2D eigenvalue weighted by Gasteiger charge is -2.26. The molecule has 1 aliphatic heterocycles. The van der Waals surface area contributed by atoms with E-state index in [4.69, 9.17) is 9.72 Å². The van der Waals surface area contributed by atoms with Gasteiger partial charge >= 0.3 is 0 Å². The molecule has 3 aromatic rings. The summed E-state index contributed by atoms with van der Waals surface area (Å²) in [5.41, 5.74) is 3.38. The van der Waals surface area contributed by atoms with E-state index in [-0.39, 0.29) is 5.91 Å². The van der Waals surface area contributed by atoms with E-state index in [0.29, 0.717) is 5.56 Å². The van der Waals surface area contributed by atoms with Gasteiger partial charge in [0.25, 0.3) is 5.91 Å². The Kier molecular flexibility index (Phi) is 6.28. The Hall–Kier alpha value is -2.22.